The predicted octanol–water partition coefficient (Wildman–Crippen LogP) is 5.67. The van der Waals surface area contributed by atoms with Gasteiger partial charge in [0.15, 0.2) is 0 Å². The van der Waals surface area contributed by atoms with Crippen molar-refractivity contribution in [1.29, 1.82) is 0 Å². The third-order valence-electron chi connectivity index (χ3n) is 9.23. The van der Waals surface area contributed by atoms with Gasteiger partial charge < -0.3 is 9.68 Å². The van der Waals surface area contributed by atoms with E-state index in [0.29, 0.717) is 17.3 Å². The molecule has 0 aliphatic heterocycles. The van der Waals surface area contributed by atoms with Gasteiger partial charge in [-0.2, -0.15) is 0 Å². The molecule has 3 unspecified atom stereocenters. The summed E-state index contributed by atoms with van der Waals surface area (Å²) >= 11 is 0. The largest absolute Gasteiger partial charge is 0.399 e. The van der Waals surface area contributed by atoms with Gasteiger partial charge in [0, 0.05) is 11.8 Å². The lowest BCUT2D eigenvalue weighted by atomic mass is 9.44. The molecule has 27 heavy (non-hydrogen) atoms. The number of oxime groups is 2. The van der Waals surface area contributed by atoms with Gasteiger partial charge in [-0.25, -0.2) is 0 Å². The molecule has 4 nitrogen and oxygen atoms in total. The Hall–Kier alpha value is -1.06. The Morgan fingerprint density at radius 2 is 1.78 bits per heavy atom. The lowest BCUT2D eigenvalue weighted by Gasteiger charge is -2.60. The molecule has 0 bridgehead atoms. The summed E-state index contributed by atoms with van der Waals surface area (Å²) in [4.78, 5) is 10.6. The van der Waals surface area contributed by atoms with E-state index >= 15 is 0 Å². The average molecular weight is 375 g/mol. The van der Waals surface area contributed by atoms with Crippen molar-refractivity contribution in [1.82, 2.24) is 0 Å². The van der Waals surface area contributed by atoms with E-state index in [9.17, 15) is 0 Å². The van der Waals surface area contributed by atoms with Crippen LogP contribution in [0.1, 0.15) is 78.6 Å². The monoisotopic (exact) mass is 374 g/mol. The van der Waals surface area contributed by atoms with Crippen LogP contribution in [0.2, 0.25) is 0 Å². The van der Waals surface area contributed by atoms with Gasteiger partial charge in [-0.15, -0.1) is 0 Å². The van der Waals surface area contributed by atoms with Crippen molar-refractivity contribution in [3.05, 3.63) is 0 Å². The molecule has 152 valence electrons. The van der Waals surface area contributed by atoms with Crippen molar-refractivity contribution >= 4 is 11.4 Å². The minimum atomic E-state index is 0.239. The molecule has 4 fully saturated rings. The molecule has 0 radical (unpaired) electrons. The molecular formula is C23H38N2O2. The van der Waals surface area contributed by atoms with Crippen molar-refractivity contribution < 1.29 is 9.68 Å². The number of fused-ring (bicyclic) bond motifs is 5. The third-order valence-corrected chi connectivity index (χ3v) is 9.23. The zero-order valence-corrected chi connectivity index (χ0v) is 18.0. The lowest BCUT2D eigenvalue weighted by Crippen LogP contribution is -2.57. The minimum absolute atomic E-state index is 0.239. The van der Waals surface area contributed by atoms with E-state index in [1.807, 2.05) is 0 Å². The van der Waals surface area contributed by atoms with Crippen molar-refractivity contribution in [2.75, 3.05) is 14.2 Å². The van der Waals surface area contributed by atoms with Crippen LogP contribution in [-0.2, 0) is 9.68 Å². The molecule has 4 saturated carbocycles. The van der Waals surface area contributed by atoms with Gasteiger partial charge >= 0.3 is 0 Å². The highest BCUT2D eigenvalue weighted by Gasteiger charge is 2.62. The molecule has 4 aliphatic carbocycles. The van der Waals surface area contributed by atoms with E-state index in [1.165, 1.54) is 57.1 Å². The summed E-state index contributed by atoms with van der Waals surface area (Å²) in [6.07, 6.45) is 12.0. The molecule has 4 heteroatoms. The maximum Gasteiger partial charge on any atom is 0.106 e. The van der Waals surface area contributed by atoms with Gasteiger partial charge in [0.1, 0.15) is 14.2 Å². The van der Waals surface area contributed by atoms with Gasteiger partial charge in [-0.1, -0.05) is 37.0 Å². The summed E-state index contributed by atoms with van der Waals surface area (Å²) in [6, 6.07) is 0. The summed E-state index contributed by atoms with van der Waals surface area (Å²) in [5.41, 5.74) is 3.18. The van der Waals surface area contributed by atoms with E-state index in [4.69, 9.17) is 14.8 Å². The van der Waals surface area contributed by atoms with E-state index in [-0.39, 0.29) is 5.41 Å². The number of rotatable bonds is 3. The van der Waals surface area contributed by atoms with Crippen molar-refractivity contribution in [3.63, 3.8) is 0 Å². The quantitative estimate of drug-likeness (QED) is 0.472. The highest BCUT2D eigenvalue weighted by Crippen LogP contribution is 2.66. The standard InChI is InChI=1S/C23H38N2O2/c1-15(24-26-4)18-11-12-19-17-10-9-16-8-6-7-13-22(16,2)21(17)20(25-27-5)14-23(18,19)3/h16-19,21H,6-14H2,1-5H3/t16-,17?,18+,19?,21?,22-,23+/m0/s1. The number of hydrogen-bond acceptors (Lipinski definition) is 4. The van der Waals surface area contributed by atoms with Gasteiger partial charge in [0.05, 0.1) is 11.4 Å². The second-order valence-electron chi connectivity index (χ2n) is 10.3. The van der Waals surface area contributed by atoms with Crippen LogP contribution < -0.4 is 0 Å². The zero-order chi connectivity index (χ0) is 19.2. The fraction of sp³-hybridized carbons (Fsp3) is 0.913. The lowest BCUT2D eigenvalue weighted by molar-refractivity contribution is -0.0564. The smallest absolute Gasteiger partial charge is 0.106 e. The first-order valence-electron chi connectivity index (χ1n) is 11.1. The minimum Gasteiger partial charge on any atom is -0.399 e. The molecule has 4 rings (SSSR count). The summed E-state index contributed by atoms with van der Waals surface area (Å²) in [5.74, 6) is 3.55. The molecule has 0 saturated heterocycles. The van der Waals surface area contributed by atoms with Gasteiger partial charge in [0.25, 0.3) is 0 Å². The molecule has 4 aliphatic rings. The van der Waals surface area contributed by atoms with Crippen molar-refractivity contribution in [2.45, 2.75) is 78.6 Å². The van der Waals surface area contributed by atoms with E-state index < -0.39 is 0 Å². The summed E-state index contributed by atoms with van der Waals surface area (Å²) < 4.78 is 0. The Morgan fingerprint density at radius 3 is 2.52 bits per heavy atom. The molecule has 0 aromatic heterocycles. The van der Waals surface area contributed by atoms with Crippen LogP contribution in [0.3, 0.4) is 0 Å². The summed E-state index contributed by atoms with van der Waals surface area (Å²) in [7, 11) is 3.39. The second-order valence-corrected chi connectivity index (χ2v) is 10.3. The fourth-order valence-corrected chi connectivity index (χ4v) is 8.25. The maximum atomic E-state index is 5.42. The molecule has 0 N–H and O–H groups in total. The van der Waals surface area contributed by atoms with Crippen LogP contribution in [0.4, 0.5) is 0 Å². The Bertz CT molecular complexity index is 630. The van der Waals surface area contributed by atoms with Gasteiger partial charge in [-0.05, 0) is 80.5 Å². The van der Waals surface area contributed by atoms with Gasteiger partial charge in [-0.3, -0.25) is 0 Å². The Morgan fingerprint density at radius 1 is 0.963 bits per heavy atom. The van der Waals surface area contributed by atoms with E-state index in [0.717, 1.165) is 29.9 Å². The predicted molar refractivity (Wildman–Crippen MR) is 110 cm³/mol. The van der Waals surface area contributed by atoms with Crippen LogP contribution >= 0.6 is 0 Å². The number of hydrogen-bond donors (Lipinski definition) is 0. The molecule has 0 spiro atoms. The maximum absolute atomic E-state index is 5.42. The van der Waals surface area contributed by atoms with Crippen molar-refractivity contribution in [2.24, 2.45) is 50.7 Å². The van der Waals surface area contributed by atoms with Crippen LogP contribution in [0.25, 0.3) is 0 Å². The SMILES string of the molecule is CON=C1C[C@@]2(C)C(CC[C@@H]2C(C)=NOC)C2CC[C@@H]3CCCC[C@]3(C)C12. The van der Waals surface area contributed by atoms with Gasteiger partial charge in [0.2, 0.25) is 0 Å². The Labute approximate surface area is 165 Å². The van der Waals surface area contributed by atoms with Crippen LogP contribution in [0.5, 0.6) is 0 Å². The Kier molecular flexibility index (Phi) is 5.05. The molecule has 0 aromatic rings. The highest BCUT2D eigenvalue weighted by molar-refractivity contribution is 5.91. The first kappa shape index (κ1) is 19.3. The average Bonchev–Trinajstić information content (AvgIpc) is 2.98. The molecule has 0 amide bonds. The first-order valence-corrected chi connectivity index (χ1v) is 11.1. The van der Waals surface area contributed by atoms with Crippen LogP contribution in [-0.4, -0.2) is 25.6 Å². The van der Waals surface area contributed by atoms with Crippen LogP contribution in [0, 0.1) is 40.4 Å². The molecular weight excluding hydrogens is 336 g/mol. The summed E-state index contributed by atoms with van der Waals surface area (Å²) in [5, 5.41) is 9.04. The Balaban J connectivity index is 1.73. The molecule has 0 aromatic carbocycles. The second kappa shape index (κ2) is 7.08. The molecule has 7 atom stereocenters. The zero-order valence-electron chi connectivity index (χ0n) is 18.0. The summed E-state index contributed by atoms with van der Waals surface area (Å²) in [6.45, 7) is 7.24. The van der Waals surface area contributed by atoms with Crippen LogP contribution in [0.15, 0.2) is 10.3 Å². The van der Waals surface area contributed by atoms with E-state index in [2.05, 4.69) is 25.9 Å². The molecule has 0 heterocycles. The highest BCUT2D eigenvalue weighted by atomic mass is 16.6. The topological polar surface area (TPSA) is 43.2 Å². The third kappa shape index (κ3) is 2.84. The fourth-order valence-electron chi connectivity index (χ4n) is 8.25. The first-order chi connectivity index (χ1) is 13.0. The number of nitrogens with zero attached hydrogens (tertiary/aromatic N) is 2. The normalized spacial score (nSPS) is 48.6. The van der Waals surface area contributed by atoms with Crippen molar-refractivity contribution in [3.8, 4) is 0 Å². The van der Waals surface area contributed by atoms with E-state index in [1.54, 1.807) is 14.2 Å².